The smallest absolute Gasteiger partial charge is 0.138 e. The first-order valence-corrected chi connectivity index (χ1v) is 8.19. The summed E-state index contributed by atoms with van der Waals surface area (Å²) in [6, 6.07) is 9.33. The van der Waals surface area contributed by atoms with Gasteiger partial charge in [0.2, 0.25) is 0 Å². The van der Waals surface area contributed by atoms with Crippen LogP contribution in [-0.4, -0.2) is 17.3 Å². The minimum absolute atomic E-state index is 0.0841. The molecule has 122 valence electrons. The molecule has 0 spiro atoms. The number of aromatic hydroxyl groups is 1. The summed E-state index contributed by atoms with van der Waals surface area (Å²) < 4.78 is 18.3. The summed E-state index contributed by atoms with van der Waals surface area (Å²) in [4.78, 5) is 0. The zero-order chi connectivity index (χ0) is 16.5. The summed E-state index contributed by atoms with van der Waals surface area (Å²) in [7, 11) is 0. The fraction of sp³-hybridized carbons (Fsp3) is 0.300. The topological polar surface area (TPSA) is 47.9 Å². The van der Waals surface area contributed by atoms with E-state index in [2.05, 4.69) is 18.2 Å². The van der Waals surface area contributed by atoms with E-state index in [0.29, 0.717) is 12.4 Å². The Hall–Kier alpha value is -2.62. The first-order valence-electron chi connectivity index (χ1n) is 8.19. The van der Waals surface area contributed by atoms with Gasteiger partial charge in [0.05, 0.1) is 18.1 Å². The Kier molecular flexibility index (Phi) is 2.57. The number of benzene rings is 2. The lowest BCUT2D eigenvalue weighted by Gasteiger charge is -2.28. The third kappa shape index (κ3) is 1.86. The van der Waals surface area contributed by atoms with E-state index in [0.717, 1.165) is 28.2 Å². The Labute approximate surface area is 140 Å². The molecule has 0 fully saturated rings. The van der Waals surface area contributed by atoms with Crippen LogP contribution in [0.2, 0.25) is 0 Å². The van der Waals surface area contributed by atoms with E-state index >= 15 is 0 Å². The lowest BCUT2D eigenvalue weighted by molar-refractivity contribution is 0.137. The number of phenolic OH excluding ortho intramolecular Hbond substituents is 1. The van der Waals surface area contributed by atoms with Crippen molar-refractivity contribution in [2.45, 2.75) is 31.5 Å². The molecule has 0 radical (unpaired) electrons. The van der Waals surface area contributed by atoms with Gasteiger partial charge in [-0.25, -0.2) is 0 Å². The average Bonchev–Trinajstić information content (AvgIpc) is 2.92. The van der Waals surface area contributed by atoms with Crippen LogP contribution in [0.4, 0.5) is 0 Å². The van der Waals surface area contributed by atoms with Gasteiger partial charge < -0.3 is 19.3 Å². The van der Waals surface area contributed by atoms with E-state index in [1.165, 1.54) is 0 Å². The lowest BCUT2D eigenvalue weighted by Crippen LogP contribution is -2.27. The maximum Gasteiger partial charge on any atom is 0.138 e. The summed E-state index contributed by atoms with van der Waals surface area (Å²) in [6.45, 7) is 4.62. The van der Waals surface area contributed by atoms with E-state index in [1.807, 2.05) is 26.0 Å². The van der Waals surface area contributed by atoms with Crippen molar-refractivity contribution in [1.29, 1.82) is 0 Å². The zero-order valence-electron chi connectivity index (χ0n) is 13.6. The van der Waals surface area contributed by atoms with E-state index in [-0.39, 0.29) is 23.4 Å². The van der Waals surface area contributed by atoms with Gasteiger partial charge in [0.1, 0.15) is 34.7 Å². The van der Waals surface area contributed by atoms with E-state index in [4.69, 9.17) is 14.2 Å². The lowest BCUT2D eigenvalue weighted by atomic mass is 9.88. The van der Waals surface area contributed by atoms with Crippen LogP contribution in [0.25, 0.3) is 6.08 Å². The van der Waals surface area contributed by atoms with Gasteiger partial charge in [0.25, 0.3) is 0 Å². The largest absolute Gasteiger partial charge is 0.508 e. The highest BCUT2D eigenvalue weighted by atomic mass is 16.5. The molecule has 2 atom stereocenters. The molecule has 3 aliphatic rings. The predicted octanol–water partition coefficient (Wildman–Crippen LogP) is 4.19. The van der Waals surface area contributed by atoms with Gasteiger partial charge in [-0.05, 0) is 44.2 Å². The van der Waals surface area contributed by atoms with Crippen LogP contribution in [0.15, 0.2) is 36.4 Å². The maximum atomic E-state index is 9.66. The Morgan fingerprint density at radius 1 is 1.08 bits per heavy atom. The zero-order valence-corrected chi connectivity index (χ0v) is 13.6. The first kappa shape index (κ1) is 13.8. The summed E-state index contributed by atoms with van der Waals surface area (Å²) in [5, 5.41) is 9.66. The summed E-state index contributed by atoms with van der Waals surface area (Å²) in [5.41, 5.74) is 2.84. The van der Waals surface area contributed by atoms with Crippen LogP contribution in [-0.2, 0) is 0 Å². The molecule has 0 saturated heterocycles. The maximum absolute atomic E-state index is 9.66. The van der Waals surface area contributed by atoms with Crippen molar-refractivity contribution < 1.29 is 19.3 Å². The molecular formula is C20H18O4. The van der Waals surface area contributed by atoms with Crippen LogP contribution in [0.1, 0.15) is 42.6 Å². The van der Waals surface area contributed by atoms with Gasteiger partial charge in [-0.3, -0.25) is 0 Å². The van der Waals surface area contributed by atoms with Crippen molar-refractivity contribution in [3.8, 4) is 23.0 Å². The SMILES string of the molecule is CC1(C)C=Cc2c(ccc3c2O[C@H]2c4ccc(O)cc4OC[C@H]32)O1. The monoisotopic (exact) mass is 322 g/mol. The number of fused-ring (bicyclic) bond motifs is 7. The van der Waals surface area contributed by atoms with Gasteiger partial charge in [-0.15, -0.1) is 0 Å². The van der Waals surface area contributed by atoms with Crippen LogP contribution in [0, 0.1) is 0 Å². The number of hydrogen-bond donors (Lipinski definition) is 1. The summed E-state index contributed by atoms with van der Waals surface area (Å²) in [6.07, 6.45) is 4.07. The molecule has 24 heavy (non-hydrogen) atoms. The third-order valence-corrected chi connectivity index (χ3v) is 4.94. The quantitative estimate of drug-likeness (QED) is 0.790. The fourth-order valence-corrected chi connectivity index (χ4v) is 3.76. The molecule has 2 aromatic rings. The molecule has 1 N–H and O–H groups in total. The molecular weight excluding hydrogens is 304 g/mol. The number of hydrogen-bond acceptors (Lipinski definition) is 4. The highest BCUT2D eigenvalue weighted by Crippen LogP contribution is 2.54. The molecule has 0 unspecified atom stereocenters. The number of rotatable bonds is 0. The number of ether oxygens (including phenoxy) is 3. The van der Waals surface area contributed by atoms with Crippen molar-refractivity contribution in [3.63, 3.8) is 0 Å². The van der Waals surface area contributed by atoms with Gasteiger partial charge in [0, 0.05) is 17.2 Å². The van der Waals surface area contributed by atoms with Gasteiger partial charge >= 0.3 is 0 Å². The van der Waals surface area contributed by atoms with Gasteiger partial charge in [0.15, 0.2) is 0 Å². The molecule has 0 bridgehead atoms. The van der Waals surface area contributed by atoms with Crippen molar-refractivity contribution in [3.05, 3.63) is 53.1 Å². The molecule has 3 heterocycles. The van der Waals surface area contributed by atoms with Crippen molar-refractivity contribution in [2.75, 3.05) is 6.61 Å². The molecule has 0 saturated carbocycles. The highest BCUT2D eigenvalue weighted by molar-refractivity contribution is 5.71. The summed E-state index contributed by atoms with van der Waals surface area (Å²) >= 11 is 0. The molecule has 2 aromatic carbocycles. The second-order valence-corrected chi connectivity index (χ2v) is 7.11. The van der Waals surface area contributed by atoms with Gasteiger partial charge in [-0.1, -0.05) is 6.07 Å². The molecule has 0 aromatic heterocycles. The molecule has 4 heteroatoms. The molecule has 0 aliphatic carbocycles. The fourth-order valence-electron chi connectivity index (χ4n) is 3.76. The van der Waals surface area contributed by atoms with E-state index < -0.39 is 0 Å². The standard InChI is InChI=1S/C20H18O4/c1-20(2)8-7-14-16(24-20)6-5-12-15-10-22-17-9-11(21)3-4-13(17)19(15)23-18(12)14/h3-9,15,19,21H,10H2,1-2H3/t15-,19+/m1/s1. The second-order valence-electron chi connectivity index (χ2n) is 7.11. The molecule has 4 nitrogen and oxygen atoms in total. The second kappa shape index (κ2) is 4.47. The van der Waals surface area contributed by atoms with Crippen LogP contribution >= 0.6 is 0 Å². The number of phenols is 1. The molecule has 3 aliphatic heterocycles. The Morgan fingerprint density at radius 2 is 1.92 bits per heavy atom. The van der Waals surface area contributed by atoms with Gasteiger partial charge in [-0.2, -0.15) is 0 Å². The summed E-state index contributed by atoms with van der Waals surface area (Å²) in [5.74, 6) is 2.81. The predicted molar refractivity (Wildman–Crippen MR) is 89.9 cm³/mol. The van der Waals surface area contributed by atoms with E-state index in [9.17, 15) is 5.11 Å². The Bertz CT molecular complexity index is 881. The normalized spacial score (nSPS) is 24.6. The minimum atomic E-state index is -0.306. The van der Waals surface area contributed by atoms with Crippen LogP contribution < -0.4 is 14.2 Å². The average molecular weight is 322 g/mol. The van der Waals surface area contributed by atoms with E-state index in [1.54, 1.807) is 12.1 Å². The van der Waals surface area contributed by atoms with Crippen LogP contribution in [0.5, 0.6) is 23.0 Å². The van der Waals surface area contributed by atoms with Crippen molar-refractivity contribution in [2.24, 2.45) is 0 Å². The van der Waals surface area contributed by atoms with Crippen molar-refractivity contribution >= 4 is 6.08 Å². The first-order chi connectivity index (χ1) is 11.5. The third-order valence-electron chi connectivity index (χ3n) is 4.94. The Balaban J connectivity index is 1.61. The van der Waals surface area contributed by atoms with Crippen LogP contribution in [0.3, 0.4) is 0 Å². The molecule has 0 amide bonds. The Morgan fingerprint density at radius 3 is 2.79 bits per heavy atom. The van der Waals surface area contributed by atoms with Crippen molar-refractivity contribution in [1.82, 2.24) is 0 Å². The minimum Gasteiger partial charge on any atom is -0.508 e. The highest BCUT2D eigenvalue weighted by Gasteiger charge is 2.42. The molecule has 5 rings (SSSR count).